The minimum Gasteiger partial charge on any atom is -0.340 e. The molecule has 1 amide bonds. The highest BCUT2D eigenvalue weighted by Gasteiger charge is 2.20. The lowest BCUT2D eigenvalue weighted by atomic mass is 10.0. The number of hydrogen-bond donors (Lipinski definition) is 2. The molecule has 1 aromatic carbocycles. The number of hydrogen-bond acceptors (Lipinski definition) is 7. The first-order valence-electron chi connectivity index (χ1n) is 11.8. The number of carbonyl (C=O) groups is 1. The van der Waals surface area contributed by atoms with Gasteiger partial charge < -0.3 is 20.1 Å². The standard InChI is InChI=1S/C25H29N7OS/c1-3-31(4-2)10-9-23(33)32-11-7-17(8-12-32)21-14-19-24(26-15-27-25(19)30-21)29-18-5-6-20-22(13-18)34-16-28-20/h5-7,13-16H,3-4,8-12H2,1-2H3,(H2,26,27,29,30). The third-order valence-corrected chi connectivity index (χ3v) is 7.26. The number of anilines is 2. The fraction of sp³-hybridized carbons (Fsp3) is 0.360. The first kappa shape index (κ1) is 22.5. The summed E-state index contributed by atoms with van der Waals surface area (Å²) in [6.45, 7) is 8.44. The van der Waals surface area contributed by atoms with E-state index >= 15 is 0 Å². The number of rotatable bonds is 8. The average Bonchev–Trinajstić information content (AvgIpc) is 3.52. The summed E-state index contributed by atoms with van der Waals surface area (Å²) >= 11 is 1.62. The lowest BCUT2D eigenvalue weighted by Crippen LogP contribution is -2.37. The molecule has 0 saturated heterocycles. The molecule has 8 nitrogen and oxygen atoms in total. The summed E-state index contributed by atoms with van der Waals surface area (Å²) < 4.78 is 1.13. The lowest BCUT2D eigenvalue weighted by Gasteiger charge is -2.27. The van der Waals surface area contributed by atoms with Crippen LogP contribution >= 0.6 is 11.3 Å². The van der Waals surface area contributed by atoms with Crippen LogP contribution in [0.4, 0.5) is 11.5 Å². The quantitative estimate of drug-likeness (QED) is 0.385. The van der Waals surface area contributed by atoms with Crippen LogP contribution < -0.4 is 5.32 Å². The van der Waals surface area contributed by atoms with Crippen LogP contribution in [0.1, 0.15) is 32.4 Å². The highest BCUT2D eigenvalue weighted by molar-refractivity contribution is 7.16. The van der Waals surface area contributed by atoms with Gasteiger partial charge in [-0.2, -0.15) is 0 Å². The van der Waals surface area contributed by atoms with Crippen molar-refractivity contribution in [3.8, 4) is 0 Å². The maximum Gasteiger partial charge on any atom is 0.224 e. The Hall–Kier alpha value is -3.30. The van der Waals surface area contributed by atoms with E-state index in [-0.39, 0.29) is 5.91 Å². The average molecular weight is 476 g/mol. The Balaban J connectivity index is 1.30. The van der Waals surface area contributed by atoms with Crippen LogP contribution in [0.25, 0.3) is 26.8 Å². The number of aromatic amines is 1. The largest absolute Gasteiger partial charge is 0.340 e. The van der Waals surface area contributed by atoms with Crippen molar-refractivity contribution < 1.29 is 4.79 Å². The molecule has 1 aliphatic rings. The van der Waals surface area contributed by atoms with Gasteiger partial charge in [-0.05, 0) is 49.3 Å². The number of thiazole rings is 1. The zero-order valence-electron chi connectivity index (χ0n) is 19.5. The van der Waals surface area contributed by atoms with Gasteiger partial charge in [0.05, 0.1) is 21.1 Å². The summed E-state index contributed by atoms with van der Waals surface area (Å²) in [5.74, 6) is 0.995. The Morgan fingerprint density at radius 3 is 2.88 bits per heavy atom. The Labute approximate surface area is 202 Å². The van der Waals surface area contributed by atoms with Crippen molar-refractivity contribution in [2.45, 2.75) is 26.7 Å². The van der Waals surface area contributed by atoms with Crippen molar-refractivity contribution in [3.05, 3.63) is 47.9 Å². The number of amides is 1. The highest BCUT2D eigenvalue weighted by Crippen LogP contribution is 2.30. The van der Waals surface area contributed by atoms with Crippen LogP contribution in [0.15, 0.2) is 42.2 Å². The first-order valence-corrected chi connectivity index (χ1v) is 12.7. The molecule has 0 radical (unpaired) electrons. The van der Waals surface area contributed by atoms with E-state index in [1.165, 1.54) is 5.57 Å². The molecule has 34 heavy (non-hydrogen) atoms. The summed E-state index contributed by atoms with van der Waals surface area (Å²) in [6.07, 6.45) is 5.13. The molecule has 0 unspecified atom stereocenters. The number of aromatic nitrogens is 4. The van der Waals surface area contributed by atoms with Crippen molar-refractivity contribution in [2.24, 2.45) is 0 Å². The molecule has 0 atom stereocenters. The van der Waals surface area contributed by atoms with E-state index in [1.54, 1.807) is 17.7 Å². The Morgan fingerprint density at radius 2 is 2.09 bits per heavy atom. The van der Waals surface area contributed by atoms with E-state index in [1.807, 2.05) is 22.5 Å². The van der Waals surface area contributed by atoms with Crippen molar-refractivity contribution in [1.29, 1.82) is 0 Å². The van der Waals surface area contributed by atoms with E-state index < -0.39 is 0 Å². The second-order valence-electron chi connectivity index (χ2n) is 8.42. The Morgan fingerprint density at radius 1 is 1.21 bits per heavy atom. The lowest BCUT2D eigenvalue weighted by molar-refractivity contribution is -0.131. The Kier molecular flexibility index (Phi) is 6.55. The maximum atomic E-state index is 12.6. The van der Waals surface area contributed by atoms with Gasteiger partial charge in [0, 0.05) is 37.4 Å². The fourth-order valence-electron chi connectivity index (χ4n) is 4.37. The van der Waals surface area contributed by atoms with Gasteiger partial charge in [0.2, 0.25) is 5.91 Å². The van der Waals surface area contributed by atoms with E-state index in [2.05, 4.69) is 62.2 Å². The Bertz CT molecular complexity index is 1340. The zero-order chi connectivity index (χ0) is 23.5. The van der Waals surface area contributed by atoms with Gasteiger partial charge in [0.15, 0.2) is 0 Å². The normalized spacial score (nSPS) is 14.2. The second kappa shape index (κ2) is 9.90. The second-order valence-corrected chi connectivity index (χ2v) is 9.31. The monoisotopic (exact) mass is 475 g/mol. The minimum absolute atomic E-state index is 0.231. The minimum atomic E-state index is 0.231. The van der Waals surface area contributed by atoms with E-state index in [9.17, 15) is 4.79 Å². The zero-order valence-corrected chi connectivity index (χ0v) is 20.4. The molecule has 0 fully saturated rings. The molecule has 4 aromatic rings. The highest BCUT2D eigenvalue weighted by atomic mass is 32.1. The number of carbonyl (C=O) groups excluding carboxylic acids is 1. The molecule has 9 heteroatoms. The molecule has 2 N–H and O–H groups in total. The predicted octanol–water partition coefficient (Wildman–Crippen LogP) is 4.66. The van der Waals surface area contributed by atoms with Crippen molar-refractivity contribution >= 4 is 55.6 Å². The molecule has 0 bridgehead atoms. The van der Waals surface area contributed by atoms with Crippen molar-refractivity contribution in [1.82, 2.24) is 29.7 Å². The van der Waals surface area contributed by atoms with Gasteiger partial charge >= 0.3 is 0 Å². The molecular formula is C25H29N7OS. The van der Waals surface area contributed by atoms with Crippen LogP contribution in [-0.4, -0.2) is 68.4 Å². The van der Waals surface area contributed by atoms with Crippen molar-refractivity contribution in [2.75, 3.05) is 38.0 Å². The third-order valence-electron chi connectivity index (χ3n) is 6.46. The molecule has 4 heterocycles. The third kappa shape index (κ3) is 4.67. The van der Waals surface area contributed by atoms with Gasteiger partial charge in [-0.15, -0.1) is 11.3 Å². The van der Waals surface area contributed by atoms with Crippen LogP contribution in [0.5, 0.6) is 0 Å². The van der Waals surface area contributed by atoms with Gasteiger partial charge in [-0.25, -0.2) is 15.0 Å². The summed E-state index contributed by atoms with van der Waals surface area (Å²) in [4.78, 5) is 33.6. The summed E-state index contributed by atoms with van der Waals surface area (Å²) in [5, 5.41) is 4.38. The number of nitrogens with one attached hydrogen (secondary N) is 2. The van der Waals surface area contributed by atoms with E-state index in [0.29, 0.717) is 13.0 Å². The molecular weight excluding hydrogens is 446 g/mol. The molecule has 0 aliphatic carbocycles. The van der Waals surface area contributed by atoms with Gasteiger partial charge in [0.25, 0.3) is 0 Å². The molecule has 3 aromatic heterocycles. The summed E-state index contributed by atoms with van der Waals surface area (Å²) in [5.41, 5.74) is 6.86. The molecule has 176 valence electrons. The number of H-pyrrole nitrogens is 1. The first-order chi connectivity index (χ1) is 16.6. The van der Waals surface area contributed by atoms with Gasteiger partial charge in [-0.1, -0.05) is 19.9 Å². The summed E-state index contributed by atoms with van der Waals surface area (Å²) in [7, 11) is 0. The van der Waals surface area contributed by atoms with Gasteiger partial charge in [-0.3, -0.25) is 4.79 Å². The van der Waals surface area contributed by atoms with Crippen LogP contribution in [0, 0.1) is 0 Å². The fourth-order valence-corrected chi connectivity index (χ4v) is 5.09. The van der Waals surface area contributed by atoms with Crippen LogP contribution in [0.2, 0.25) is 0 Å². The van der Waals surface area contributed by atoms with Crippen LogP contribution in [-0.2, 0) is 4.79 Å². The SMILES string of the molecule is CCN(CC)CCC(=O)N1CC=C(c2cc3c(Nc4ccc5ncsc5c4)ncnc3[nH]2)CC1. The number of benzene rings is 1. The van der Waals surface area contributed by atoms with Crippen LogP contribution in [0.3, 0.4) is 0 Å². The van der Waals surface area contributed by atoms with Gasteiger partial charge in [0.1, 0.15) is 17.8 Å². The maximum absolute atomic E-state index is 12.6. The number of nitrogens with zero attached hydrogens (tertiary/aromatic N) is 5. The molecule has 5 rings (SSSR count). The molecule has 1 aliphatic heterocycles. The van der Waals surface area contributed by atoms with E-state index in [0.717, 1.165) is 71.0 Å². The topological polar surface area (TPSA) is 90.0 Å². The number of fused-ring (bicyclic) bond motifs is 2. The van der Waals surface area contributed by atoms with Crippen molar-refractivity contribution in [3.63, 3.8) is 0 Å². The predicted molar refractivity (Wildman–Crippen MR) is 138 cm³/mol. The van der Waals surface area contributed by atoms with E-state index in [4.69, 9.17) is 0 Å². The molecule has 0 saturated carbocycles. The molecule has 0 spiro atoms. The smallest absolute Gasteiger partial charge is 0.224 e. The summed E-state index contributed by atoms with van der Waals surface area (Å²) in [6, 6.07) is 8.21.